The molecule has 1 aliphatic rings. The smallest absolute Gasteiger partial charge is 0.112 e. The number of hydrogen-bond acceptors (Lipinski definition) is 2. The van der Waals surface area contributed by atoms with Gasteiger partial charge in [-0.15, -0.1) is 0 Å². The molecule has 3 rings (SSSR count). The Bertz CT molecular complexity index is 584. The van der Waals surface area contributed by atoms with Crippen molar-refractivity contribution in [3.05, 3.63) is 53.6 Å². The van der Waals surface area contributed by atoms with Crippen molar-refractivity contribution in [1.29, 1.82) is 0 Å². The third-order valence-corrected chi connectivity index (χ3v) is 3.49. The standard InChI is InChI=1S/C14H15N3S/c15-13(18)12-3-1-2-10(8-12)9-17-7-6-16-14(17)11-4-5-11/h1-3,6-8,11H,4-5,9H2,(H2,15,18). The van der Waals surface area contributed by atoms with Crippen molar-refractivity contribution in [2.24, 2.45) is 5.73 Å². The zero-order valence-corrected chi connectivity index (χ0v) is 10.9. The number of nitrogens with zero attached hydrogens (tertiary/aromatic N) is 2. The van der Waals surface area contributed by atoms with Gasteiger partial charge in [0.15, 0.2) is 0 Å². The van der Waals surface area contributed by atoms with Gasteiger partial charge in [0.1, 0.15) is 10.8 Å². The molecule has 0 radical (unpaired) electrons. The van der Waals surface area contributed by atoms with E-state index in [0.717, 1.165) is 12.1 Å². The van der Waals surface area contributed by atoms with Gasteiger partial charge in [0.25, 0.3) is 0 Å². The first kappa shape index (κ1) is 11.4. The molecule has 3 nitrogen and oxygen atoms in total. The first-order chi connectivity index (χ1) is 8.74. The lowest BCUT2D eigenvalue weighted by Gasteiger charge is -2.08. The Hall–Kier alpha value is -1.68. The second-order valence-electron chi connectivity index (χ2n) is 4.75. The Morgan fingerprint density at radius 2 is 2.28 bits per heavy atom. The first-order valence-electron chi connectivity index (χ1n) is 6.14. The van der Waals surface area contributed by atoms with E-state index >= 15 is 0 Å². The molecule has 4 heteroatoms. The number of aromatic nitrogens is 2. The van der Waals surface area contributed by atoms with Crippen LogP contribution in [0.25, 0.3) is 0 Å². The summed E-state index contributed by atoms with van der Waals surface area (Å²) in [4.78, 5) is 4.89. The van der Waals surface area contributed by atoms with Gasteiger partial charge in [-0.1, -0.05) is 30.4 Å². The maximum atomic E-state index is 5.66. The van der Waals surface area contributed by atoms with Crippen LogP contribution in [-0.4, -0.2) is 14.5 Å². The van der Waals surface area contributed by atoms with E-state index in [1.54, 1.807) is 0 Å². The number of rotatable bonds is 4. The average molecular weight is 257 g/mol. The molecule has 1 heterocycles. The number of hydrogen-bond donors (Lipinski definition) is 1. The lowest BCUT2D eigenvalue weighted by atomic mass is 10.1. The number of thiocarbonyl (C=S) groups is 1. The third-order valence-electron chi connectivity index (χ3n) is 3.25. The molecule has 0 unspecified atom stereocenters. The summed E-state index contributed by atoms with van der Waals surface area (Å²) >= 11 is 5.01. The van der Waals surface area contributed by atoms with Crippen LogP contribution in [0.3, 0.4) is 0 Å². The molecule has 1 saturated carbocycles. The largest absolute Gasteiger partial charge is 0.389 e. The van der Waals surface area contributed by atoms with Crippen LogP contribution in [-0.2, 0) is 6.54 Å². The zero-order valence-electron chi connectivity index (χ0n) is 10.0. The maximum absolute atomic E-state index is 5.66. The van der Waals surface area contributed by atoms with E-state index in [9.17, 15) is 0 Å². The Morgan fingerprint density at radius 3 is 3.00 bits per heavy atom. The van der Waals surface area contributed by atoms with E-state index in [2.05, 4.69) is 21.7 Å². The van der Waals surface area contributed by atoms with Gasteiger partial charge in [0, 0.05) is 30.4 Å². The Morgan fingerprint density at radius 1 is 1.44 bits per heavy atom. The van der Waals surface area contributed by atoms with E-state index in [4.69, 9.17) is 18.0 Å². The SMILES string of the molecule is NC(=S)c1cccc(Cn2ccnc2C2CC2)c1. The fraction of sp³-hybridized carbons (Fsp3) is 0.286. The van der Waals surface area contributed by atoms with Crippen LogP contribution in [0.5, 0.6) is 0 Å². The van der Waals surface area contributed by atoms with Crippen molar-refractivity contribution in [1.82, 2.24) is 9.55 Å². The molecule has 92 valence electrons. The van der Waals surface area contributed by atoms with Crippen molar-refractivity contribution < 1.29 is 0 Å². The zero-order chi connectivity index (χ0) is 12.5. The van der Waals surface area contributed by atoms with Crippen LogP contribution in [0.2, 0.25) is 0 Å². The highest BCUT2D eigenvalue weighted by Crippen LogP contribution is 2.39. The highest BCUT2D eigenvalue weighted by Gasteiger charge is 2.27. The summed E-state index contributed by atoms with van der Waals surface area (Å²) in [6, 6.07) is 8.09. The monoisotopic (exact) mass is 257 g/mol. The van der Waals surface area contributed by atoms with Crippen molar-refractivity contribution in [2.75, 3.05) is 0 Å². The third kappa shape index (κ3) is 2.29. The lowest BCUT2D eigenvalue weighted by molar-refractivity contribution is 0.726. The Kier molecular flexibility index (Phi) is 2.88. The van der Waals surface area contributed by atoms with Crippen LogP contribution in [0, 0.1) is 0 Å². The van der Waals surface area contributed by atoms with E-state index < -0.39 is 0 Å². The predicted molar refractivity (Wildman–Crippen MR) is 75.6 cm³/mol. The number of benzene rings is 1. The number of nitrogens with two attached hydrogens (primary N) is 1. The highest BCUT2D eigenvalue weighted by molar-refractivity contribution is 7.80. The Labute approximate surface area is 112 Å². The summed E-state index contributed by atoms with van der Waals surface area (Å²) in [7, 11) is 0. The second-order valence-corrected chi connectivity index (χ2v) is 5.19. The summed E-state index contributed by atoms with van der Waals surface area (Å²) in [5.41, 5.74) is 7.79. The Balaban J connectivity index is 1.85. The summed E-state index contributed by atoms with van der Waals surface area (Å²) < 4.78 is 2.22. The van der Waals surface area contributed by atoms with Gasteiger partial charge >= 0.3 is 0 Å². The van der Waals surface area contributed by atoms with Gasteiger partial charge < -0.3 is 10.3 Å². The lowest BCUT2D eigenvalue weighted by Crippen LogP contribution is -2.10. The first-order valence-corrected chi connectivity index (χ1v) is 6.54. The van der Waals surface area contributed by atoms with E-state index in [1.807, 2.05) is 24.5 Å². The minimum Gasteiger partial charge on any atom is -0.389 e. The van der Waals surface area contributed by atoms with Crippen LogP contribution < -0.4 is 5.73 Å². The van der Waals surface area contributed by atoms with Gasteiger partial charge in [-0.3, -0.25) is 0 Å². The molecule has 18 heavy (non-hydrogen) atoms. The molecule has 2 N–H and O–H groups in total. The van der Waals surface area contributed by atoms with Gasteiger partial charge in [-0.2, -0.15) is 0 Å². The van der Waals surface area contributed by atoms with Crippen LogP contribution >= 0.6 is 12.2 Å². The van der Waals surface area contributed by atoms with Gasteiger partial charge in [-0.05, 0) is 24.5 Å². The fourth-order valence-electron chi connectivity index (χ4n) is 2.18. The van der Waals surface area contributed by atoms with Gasteiger partial charge in [0.05, 0.1) is 0 Å². The van der Waals surface area contributed by atoms with Gasteiger partial charge in [-0.25, -0.2) is 4.98 Å². The van der Waals surface area contributed by atoms with E-state index in [1.165, 1.54) is 24.2 Å². The molecule has 0 aliphatic heterocycles. The molecule has 1 aromatic carbocycles. The van der Waals surface area contributed by atoms with Crippen LogP contribution in [0.15, 0.2) is 36.7 Å². The molecule has 1 fully saturated rings. The summed E-state index contributed by atoms with van der Waals surface area (Å²) in [5, 5.41) is 0. The summed E-state index contributed by atoms with van der Waals surface area (Å²) in [5.74, 6) is 1.87. The highest BCUT2D eigenvalue weighted by atomic mass is 32.1. The second kappa shape index (κ2) is 4.53. The molecule has 2 aromatic rings. The van der Waals surface area contributed by atoms with Crippen molar-refractivity contribution in [2.45, 2.75) is 25.3 Å². The van der Waals surface area contributed by atoms with Crippen molar-refractivity contribution >= 4 is 17.2 Å². The normalized spacial score (nSPS) is 14.7. The number of imidazole rings is 1. The molecule has 0 bridgehead atoms. The van der Waals surface area contributed by atoms with Crippen LogP contribution in [0.4, 0.5) is 0 Å². The molecule has 0 spiro atoms. The summed E-state index contributed by atoms with van der Waals surface area (Å²) in [6.07, 6.45) is 6.46. The van der Waals surface area contributed by atoms with Crippen molar-refractivity contribution in [3.8, 4) is 0 Å². The molecular formula is C14H15N3S. The van der Waals surface area contributed by atoms with Gasteiger partial charge in [0.2, 0.25) is 0 Å². The molecule has 0 saturated heterocycles. The van der Waals surface area contributed by atoms with Crippen LogP contribution in [0.1, 0.15) is 35.7 Å². The molecule has 0 amide bonds. The molecular weight excluding hydrogens is 242 g/mol. The predicted octanol–water partition coefficient (Wildman–Crippen LogP) is 2.44. The minimum absolute atomic E-state index is 0.449. The molecule has 1 aliphatic carbocycles. The summed E-state index contributed by atoms with van der Waals surface area (Å²) in [6.45, 7) is 0.836. The fourth-order valence-corrected chi connectivity index (χ4v) is 2.30. The van der Waals surface area contributed by atoms with E-state index in [-0.39, 0.29) is 0 Å². The quantitative estimate of drug-likeness (QED) is 0.856. The minimum atomic E-state index is 0.449. The van der Waals surface area contributed by atoms with Crippen molar-refractivity contribution in [3.63, 3.8) is 0 Å². The van der Waals surface area contributed by atoms with E-state index in [0.29, 0.717) is 10.9 Å². The molecule has 1 aromatic heterocycles. The topological polar surface area (TPSA) is 43.8 Å². The maximum Gasteiger partial charge on any atom is 0.112 e. The average Bonchev–Trinajstić information content (AvgIpc) is 3.11. The molecule has 0 atom stereocenters.